The molecule has 0 spiro atoms. The molecule has 0 radical (unpaired) electrons. The molecule has 0 aliphatic rings. The number of carbonyl (C=O) groups excluding carboxylic acids is 1. The van der Waals surface area contributed by atoms with Gasteiger partial charge in [0.1, 0.15) is 13.2 Å². The van der Waals surface area contributed by atoms with E-state index in [0.29, 0.717) is 18.1 Å². The summed E-state index contributed by atoms with van der Waals surface area (Å²) in [6.07, 6.45) is 1.65. The van der Waals surface area contributed by atoms with E-state index in [4.69, 9.17) is 9.47 Å². The molecule has 0 saturated carbocycles. The number of carbonyl (C=O) groups is 1. The number of ketones is 1. The van der Waals surface area contributed by atoms with Gasteiger partial charge in [0, 0.05) is 0 Å². The SMILES string of the molecule is C=CCOc1ccccc1OCC(C)=O. The van der Waals surface area contributed by atoms with Crippen LogP contribution in [0.4, 0.5) is 0 Å². The molecule has 1 aromatic rings. The molecule has 0 aromatic heterocycles. The van der Waals surface area contributed by atoms with Crippen molar-refractivity contribution in [3.8, 4) is 11.5 Å². The summed E-state index contributed by atoms with van der Waals surface area (Å²) in [5, 5.41) is 0. The van der Waals surface area contributed by atoms with E-state index in [0.717, 1.165) is 0 Å². The third-order valence-electron chi connectivity index (χ3n) is 1.64. The maximum Gasteiger partial charge on any atom is 0.167 e. The third-order valence-corrected chi connectivity index (χ3v) is 1.64. The van der Waals surface area contributed by atoms with Crippen LogP contribution < -0.4 is 9.47 Å². The van der Waals surface area contributed by atoms with Crippen LogP contribution in [-0.4, -0.2) is 19.0 Å². The molecule has 0 bridgehead atoms. The van der Waals surface area contributed by atoms with Crippen LogP contribution in [-0.2, 0) is 4.79 Å². The van der Waals surface area contributed by atoms with Crippen molar-refractivity contribution in [3.05, 3.63) is 36.9 Å². The Hall–Kier alpha value is -1.77. The summed E-state index contributed by atoms with van der Waals surface area (Å²) < 4.78 is 10.7. The summed E-state index contributed by atoms with van der Waals surface area (Å²) in [5.74, 6) is 1.18. The minimum Gasteiger partial charge on any atom is -0.486 e. The van der Waals surface area contributed by atoms with E-state index in [1.807, 2.05) is 12.1 Å². The van der Waals surface area contributed by atoms with Gasteiger partial charge in [-0.1, -0.05) is 24.8 Å². The summed E-state index contributed by atoms with van der Waals surface area (Å²) >= 11 is 0. The van der Waals surface area contributed by atoms with Gasteiger partial charge in [0.25, 0.3) is 0 Å². The summed E-state index contributed by atoms with van der Waals surface area (Å²) in [5.41, 5.74) is 0. The lowest BCUT2D eigenvalue weighted by Gasteiger charge is -2.10. The molecule has 1 rings (SSSR count). The van der Waals surface area contributed by atoms with E-state index in [1.165, 1.54) is 6.92 Å². The molecular formula is C12H14O3. The van der Waals surface area contributed by atoms with Gasteiger partial charge in [0.2, 0.25) is 0 Å². The molecule has 0 aliphatic carbocycles. The topological polar surface area (TPSA) is 35.5 Å². The van der Waals surface area contributed by atoms with Crippen LogP contribution in [0.1, 0.15) is 6.92 Å². The molecular weight excluding hydrogens is 192 g/mol. The Kier molecular flexibility index (Phi) is 4.41. The number of ether oxygens (including phenoxy) is 2. The first-order valence-corrected chi connectivity index (χ1v) is 4.69. The summed E-state index contributed by atoms with van der Waals surface area (Å²) in [6, 6.07) is 7.23. The van der Waals surface area contributed by atoms with Gasteiger partial charge in [-0.05, 0) is 19.1 Å². The average Bonchev–Trinajstić information content (AvgIpc) is 2.24. The smallest absolute Gasteiger partial charge is 0.167 e. The first-order valence-electron chi connectivity index (χ1n) is 4.69. The van der Waals surface area contributed by atoms with E-state index in [9.17, 15) is 4.79 Å². The predicted molar refractivity (Wildman–Crippen MR) is 58.3 cm³/mol. The molecule has 0 fully saturated rings. The second kappa shape index (κ2) is 5.86. The van der Waals surface area contributed by atoms with Crippen LogP contribution in [0, 0.1) is 0 Å². The van der Waals surface area contributed by atoms with E-state index in [1.54, 1.807) is 18.2 Å². The standard InChI is InChI=1S/C12H14O3/c1-3-8-14-11-6-4-5-7-12(11)15-9-10(2)13/h3-7H,1,8-9H2,2H3. The molecule has 0 saturated heterocycles. The molecule has 3 nitrogen and oxygen atoms in total. The van der Waals surface area contributed by atoms with E-state index in [-0.39, 0.29) is 12.4 Å². The van der Waals surface area contributed by atoms with Gasteiger partial charge in [0.05, 0.1) is 0 Å². The number of benzene rings is 1. The van der Waals surface area contributed by atoms with E-state index in [2.05, 4.69) is 6.58 Å². The Bertz CT molecular complexity index is 344. The monoisotopic (exact) mass is 206 g/mol. The lowest BCUT2D eigenvalue weighted by molar-refractivity contribution is -0.118. The normalized spacial score (nSPS) is 9.40. The van der Waals surface area contributed by atoms with Crippen molar-refractivity contribution in [1.29, 1.82) is 0 Å². The average molecular weight is 206 g/mol. The highest BCUT2D eigenvalue weighted by molar-refractivity contribution is 5.77. The summed E-state index contributed by atoms with van der Waals surface area (Å²) in [4.78, 5) is 10.8. The minimum atomic E-state index is -0.0199. The molecule has 0 N–H and O–H groups in total. The lowest BCUT2D eigenvalue weighted by atomic mass is 10.3. The highest BCUT2D eigenvalue weighted by atomic mass is 16.5. The van der Waals surface area contributed by atoms with Crippen LogP contribution in [0.5, 0.6) is 11.5 Å². The van der Waals surface area contributed by atoms with Crippen molar-refractivity contribution >= 4 is 5.78 Å². The number of hydrogen-bond acceptors (Lipinski definition) is 3. The highest BCUT2D eigenvalue weighted by Gasteiger charge is 2.04. The Labute approximate surface area is 89.3 Å². The first-order chi connectivity index (χ1) is 7.24. The third kappa shape index (κ3) is 3.85. The molecule has 3 heteroatoms. The predicted octanol–water partition coefficient (Wildman–Crippen LogP) is 2.22. The molecule has 0 aliphatic heterocycles. The van der Waals surface area contributed by atoms with Gasteiger partial charge in [-0.15, -0.1) is 0 Å². The maximum absolute atomic E-state index is 10.8. The summed E-state index contributed by atoms with van der Waals surface area (Å²) in [6.45, 7) is 5.52. The quantitative estimate of drug-likeness (QED) is 0.669. The van der Waals surface area contributed by atoms with Crippen molar-refractivity contribution in [2.45, 2.75) is 6.92 Å². The van der Waals surface area contributed by atoms with Crippen LogP contribution in [0.3, 0.4) is 0 Å². The molecule has 80 valence electrons. The number of para-hydroxylation sites is 2. The van der Waals surface area contributed by atoms with Crippen molar-refractivity contribution in [1.82, 2.24) is 0 Å². The molecule has 0 amide bonds. The molecule has 0 unspecified atom stereocenters. The fourth-order valence-corrected chi connectivity index (χ4v) is 1.02. The zero-order chi connectivity index (χ0) is 11.1. The Morgan fingerprint density at radius 1 is 1.33 bits per heavy atom. The lowest BCUT2D eigenvalue weighted by Crippen LogP contribution is -2.07. The van der Waals surface area contributed by atoms with Gasteiger partial charge < -0.3 is 9.47 Å². The zero-order valence-corrected chi connectivity index (χ0v) is 8.73. The van der Waals surface area contributed by atoms with Crippen LogP contribution in [0.15, 0.2) is 36.9 Å². The molecule has 0 atom stereocenters. The van der Waals surface area contributed by atoms with Gasteiger partial charge in [-0.2, -0.15) is 0 Å². The number of rotatable bonds is 6. The van der Waals surface area contributed by atoms with Crippen LogP contribution in [0.25, 0.3) is 0 Å². The van der Waals surface area contributed by atoms with Crippen LogP contribution in [0.2, 0.25) is 0 Å². The molecule has 0 heterocycles. The highest BCUT2D eigenvalue weighted by Crippen LogP contribution is 2.26. The van der Waals surface area contributed by atoms with Gasteiger partial charge >= 0.3 is 0 Å². The van der Waals surface area contributed by atoms with E-state index < -0.39 is 0 Å². The maximum atomic E-state index is 10.8. The van der Waals surface area contributed by atoms with Gasteiger partial charge in [0.15, 0.2) is 17.3 Å². The summed E-state index contributed by atoms with van der Waals surface area (Å²) in [7, 11) is 0. The first kappa shape index (κ1) is 11.3. The van der Waals surface area contributed by atoms with Crippen LogP contribution >= 0.6 is 0 Å². The number of Topliss-reactive ketones (excluding diaryl/α,β-unsaturated/α-hetero) is 1. The second-order valence-corrected chi connectivity index (χ2v) is 3.04. The number of hydrogen-bond donors (Lipinski definition) is 0. The zero-order valence-electron chi connectivity index (χ0n) is 8.73. The Morgan fingerprint density at radius 3 is 2.47 bits per heavy atom. The second-order valence-electron chi connectivity index (χ2n) is 3.04. The fraction of sp³-hybridized carbons (Fsp3) is 0.250. The van der Waals surface area contributed by atoms with Crippen molar-refractivity contribution in [3.63, 3.8) is 0 Å². The molecule has 15 heavy (non-hydrogen) atoms. The fourth-order valence-electron chi connectivity index (χ4n) is 1.02. The van der Waals surface area contributed by atoms with E-state index >= 15 is 0 Å². The van der Waals surface area contributed by atoms with Crippen molar-refractivity contribution < 1.29 is 14.3 Å². The van der Waals surface area contributed by atoms with Crippen molar-refractivity contribution in [2.24, 2.45) is 0 Å². The molecule has 1 aromatic carbocycles. The Morgan fingerprint density at radius 2 is 1.93 bits per heavy atom. The van der Waals surface area contributed by atoms with Gasteiger partial charge in [-0.3, -0.25) is 4.79 Å². The van der Waals surface area contributed by atoms with Crippen molar-refractivity contribution in [2.75, 3.05) is 13.2 Å². The largest absolute Gasteiger partial charge is 0.486 e. The minimum absolute atomic E-state index is 0.0199. The van der Waals surface area contributed by atoms with Gasteiger partial charge in [-0.25, -0.2) is 0 Å². The Balaban J connectivity index is 2.67.